The molecule has 1 rings (SSSR count). The van der Waals surface area contributed by atoms with E-state index in [9.17, 15) is 13.6 Å². The van der Waals surface area contributed by atoms with Crippen molar-refractivity contribution in [3.63, 3.8) is 0 Å². The predicted octanol–water partition coefficient (Wildman–Crippen LogP) is -0.564. The van der Waals surface area contributed by atoms with Crippen LogP contribution >= 0.6 is 0 Å². The van der Waals surface area contributed by atoms with Gasteiger partial charge in [0.2, 0.25) is 5.91 Å². The highest BCUT2D eigenvalue weighted by atomic mass is 19.3. The normalized spacial score (nSPS) is 28.7. The van der Waals surface area contributed by atoms with Gasteiger partial charge in [0.05, 0.1) is 31.8 Å². The number of nitrogens with zero attached hydrogens (tertiary/aromatic N) is 1. The fourth-order valence-electron chi connectivity index (χ4n) is 1.83. The van der Waals surface area contributed by atoms with E-state index in [1.807, 2.05) is 0 Å². The van der Waals surface area contributed by atoms with Crippen molar-refractivity contribution in [1.82, 2.24) is 4.90 Å². The summed E-state index contributed by atoms with van der Waals surface area (Å²) in [4.78, 5) is 13.1. The van der Waals surface area contributed by atoms with Crippen molar-refractivity contribution in [3.05, 3.63) is 0 Å². The van der Waals surface area contributed by atoms with Gasteiger partial charge in [-0.15, -0.1) is 0 Å². The number of halogens is 2. The van der Waals surface area contributed by atoms with Crippen LogP contribution in [0.1, 0.15) is 6.92 Å². The van der Waals surface area contributed by atoms with Gasteiger partial charge in [-0.05, 0) is 6.92 Å². The molecule has 0 saturated carbocycles. The lowest BCUT2D eigenvalue weighted by Gasteiger charge is -2.32. The van der Waals surface area contributed by atoms with Crippen molar-refractivity contribution in [2.24, 2.45) is 11.1 Å². The average molecular weight is 252 g/mol. The minimum Gasteiger partial charge on any atom is -0.395 e. The minimum absolute atomic E-state index is 0.120. The van der Waals surface area contributed by atoms with Crippen LogP contribution in [0.2, 0.25) is 0 Å². The van der Waals surface area contributed by atoms with Gasteiger partial charge in [-0.1, -0.05) is 0 Å². The van der Waals surface area contributed by atoms with Crippen LogP contribution in [0, 0.1) is 5.41 Å². The SMILES string of the molecule is CC1(C(=O)N(CCO)CC(F)F)COCC1N. The molecule has 1 saturated heterocycles. The van der Waals surface area contributed by atoms with E-state index in [4.69, 9.17) is 15.6 Å². The van der Waals surface area contributed by atoms with E-state index in [2.05, 4.69) is 0 Å². The van der Waals surface area contributed by atoms with E-state index in [0.29, 0.717) is 0 Å². The first-order chi connectivity index (χ1) is 7.91. The van der Waals surface area contributed by atoms with Crippen LogP contribution < -0.4 is 5.73 Å². The number of aliphatic hydroxyl groups is 1. The Bertz CT molecular complexity index is 278. The summed E-state index contributed by atoms with van der Waals surface area (Å²) in [6, 6.07) is -0.506. The maximum Gasteiger partial charge on any atom is 0.255 e. The monoisotopic (exact) mass is 252 g/mol. The van der Waals surface area contributed by atoms with Gasteiger partial charge < -0.3 is 20.5 Å². The van der Waals surface area contributed by atoms with Crippen LogP contribution in [0.3, 0.4) is 0 Å². The number of hydrogen-bond acceptors (Lipinski definition) is 4. The third-order valence-electron chi connectivity index (χ3n) is 3.02. The van der Waals surface area contributed by atoms with E-state index in [-0.39, 0.29) is 26.4 Å². The first kappa shape index (κ1) is 14.3. The van der Waals surface area contributed by atoms with Gasteiger partial charge in [0, 0.05) is 12.6 Å². The molecule has 2 atom stereocenters. The molecule has 100 valence electrons. The van der Waals surface area contributed by atoms with Crippen molar-refractivity contribution in [1.29, 1.82) is 0 Å². The topological polar surface area (TPSA) is 75.8 Å². The summed E-state index contributed by atoms with van der Waals surface area (Å²) in [6.45, 7) is 0.794. The maximum atomic E-state index is 12.3. The fourth-order valence-corrected chi connectivity index (χ4v) is 1.83. The predicted molar refractivity (Wildman–Crippen MR) is 56.6 cm³/mol. The van der Waals surface area contributed by atoms with Gasteiger partial charge >= 0.3 is 0 Å². The third kappa shape index (κ3) is 3.11. The second-order valence-corrected chi connectivity index (χ2v) is 4.40. The fraction of sp³-hybridized carbons (Fsp3) is 0.900. The number of nitrogens with two attached hydrogens (primary N) is 1. The molecule has 1 aliphatic rings. The molecule has 0 aromatic heterocycles. The summed E-state index contributed by atoms with van der Waals surface area (Å²) < 4.78 is 29.8. The molecule has 0 spiro atoms. The number of aliphatic hydroxyl groups excluding tert-OH is 1. The lowest BCUT2D eigenvalue weighted by Crippen LogP contribution is -2.53. The van der Waals surface area contributed by atoms with E-state index in [1.165, 1.54) is 0 Å². The van der Waals surface area contributed by atoms with Crippen LogP contribution in [0.4, 0.5) is 8.78 Å². The number of carbonyl (C=O) groups excluding carboxylic acids is 1. The molecule has 7 heteroatoms. The van der Waals surface area contributed by atoms with E-state index in [0.717, 1.165) is 4.90 Å². The van der Waals surface area contributed by atoms with Gasteiger partial charge in [-0.3, -0.25) is 4.79 Å². The standard InChI is InChI=1S/C10H18F2N2O3/c1-10(6-17-5-7(10)13)9(16)14(2-3-15)4-8(11)12/h7-8,15H,2-6,13H2,1H3. The summed E-state index contributed by atoms with van der Waals surface area (Å²) in [5.41, 5.74) is 4.77. The molecular formula is C10H18F2N2O3. The van der Waals surface area contributed by atoms with Crippen molar-refractivity contribution >= 4 is 5.91 Å². The summed E-state index contributed by atoms with van der Waals surface area (Å²) in [5.74, 6) is -0.489. The Hall–Kier alpha value is -0.790. The summed E-state index contributed by atoms with van der Waals surface area (Å²) in [7, 11) is 0. The molecule has 1 aliphatic heterocycles. The number of amides is 1. The lowest BCUT2D eigenvalue weighted by molar-refractivity contribution is -0.144. The average Bonchev–Trinajstić information content (AvgIpc) is 2.58. The first-order valence-corrected chi connectivity index (χ1v) is 5.43. The van der Waals surface area contributed by atoms with Crippen LogP contribution in [-0.4, -0.2) is 61.3 Å². The highest BCUT2D eigenvalue weighted by Gasteiger charge is 2.46. The molecule has 0 aromatic rings. The number of hydrogen-bond donors (Lipinski definition) is 2. The first-order valence-electron chi connectivity index (χ1n) is 5.43. The second-order valence-electron chi connectivity index (χ2n) is 4.40. The smallest absolute Gasteiger partial charge is 0.255 e. The quantitative estimate of drug-likeness (QED) is 0.687. The molecule has 17 heavy (non-hydrogen) atoms. The Morgan fingerprint density at radius 1 is 1.71 bits per heavy atom. The second kappa shape index (κ2) is 5.70. The van der Waals surface area contributed by atoms with Gasteiger partial charge in [-0.2, -0.15) is 0 Å². The molecule has 2 unspecified atom stereocenters. The molecule has 1 amide bonds. The highest BCUT2D eigenvalue weighted by molar-refractivity contribution is 5.83. The van der Waals surface area contributed by atoms with Crippen LogP contribution in [-0.2, 0) is 9.53 Å². The Morgan fingerprint density at radius 3 is 2.76 bits per heavy atom. The Balaban J connectivity index is 2.76. The Labute approximate surface area is 98.5 Å². The van der Waals surface area contributed by atoms with E-state index < -0.39 is 30.3 Å². The summed E-state index contributed by atoms with van der Waals surface area (Å²) in [6.07, 6.45) is -2.63. The Kier molecular flexibility index (Phi) is 4.79. The largest absolute Gasteiger partial charge is 0.395 e. The van der Waals surface area contributed by atoms with Crippen molar-refractivity contribution < 1.29 is 23.4 Å². The number of alkyl halides is 2. The zero-order valence-electron chi connectivity index (χ0n) is 9.73. The van der Waals surface area contributed by atoms with Crippen molar-refractivity contribution in [2.45, 2.75) is 19.4 Å². The van der Waals surface area contributed by atoms with E-state index in [1.54, 1.807) is 6.92 Å². The van der Waals surface area contributed by atoms with Crippen LogP contribution in [0.25, 0.3) is 0 Å². The van der Waals surface area contributed by atoms with Gasteiger partial charge in [0.1, 0.15) is 0 Å². The van der Waals surface area contributed by atoms with Crippen LogP contribution in [0.15, 0.2) is 0 Å². The molecule has 0 aromatic carbocycles. The van der Waals surface area contributed by atoms with Gasteiger partial charge in [0.15, 0.2) is 0 Å². The van der Waals surface area contributed by atoms with Crippen LogP contribution in [0.5, 0.6) is 0 Å². The lowest BCUT2D eigenvalue weighted by atomic mass is 9.84. The molecule has 0 aliphatic carbocycles. The Morgan fingerprint density at radius 2 is 2.35 bits per heavy atom. The molecule has 0 bridgehead atoms. The third-order valence-corrected chi connectivity index (χ3v) is 3.02. The van der Waals surface area contributed by atoms with Gasteiger partial charge in [-0.25, -0.2) is 8.78 Å². The minimum atomic E-state index is -2.63. The molecule has 1 fully saturated rings. The molecular weight excluding hydrogens is 234 g/mol. The van der Waals surface area contributed by atoms with E-state index >= 15 is 0 Å². The molecule has 5 nitrogen and oxygen atoms in total. The number of carbonyl (C=O) groups is 1. The van der Waals surface area contributed by atoms with Gasteiger partial charge in [0.25, 0.3) is 6.43 Å². The van der Waals surface area contributed by atoms with Crippen molar-refractivity contribution in [2.75, 3.05) is 32.9 Å². The molecule has 1 heterocycles. The molecule has 3 N–H and O–H groups in total. The zero-order chi connectivity index (χ0) is 13.1. The maximum absolute atomic E-state index is 12.3. The highest BCUT2D eigenvalue weighted by Crippen LogP contribution is 2.29. The number of ether oxygens (including phenoxy) is 1. The molecule has 0 radical (unpaired) electrons. The van der Waals surface area contributed by atoms with Crippen molar-refractivity contribution in [3.8, 4) is 0 Å². The number of rotatable bonds is 5. The summed E-state index contributed by atoms with van der Waals surface area (Å²) in [5, 5.41) is 8.79. The zero-order valence-corrected chi connectivity index (χ0v) is 9.73. The summed E-state index contributed by atoms with van der Waals surface area (Å²) >= 11 is 0.